The normalized spacial score (nSPS) is 12.4. The van der Waals surface area contributed by atoms with Crippen LogP contribution in [0.5, 0.6) is 11.5 Å². The molecule has 6 rings (SSSR count). The summed E-state index contributed by atoms with van der Waals surface area (Å²) < 4.78 is 18.1. The fourth-order valence-electron chi connectivity index (χ4n) is 3.99. The summed E-state index contributed by atoms with van der Waals surface area (Å²) in [5.74, 6) is 2.45. The van der Waals surface area contributed by atoms with Crippen LogP contribution in [0.1, 0.15) is 17.0 Å². The molecule has 0 spiro atoms. The molecule has 0 bridgehead atoms. The van der Waals surface area contributed by atoms with Gasteiger partial charge in [0.2, 0.25) is 18.5 Å². The van der Waals surface area contributed by atoms with E-state index in [0.29, 0.717) is 45.0 Å². The highest BCUT2D eigenvalue weighted by molar-refractivity contribution is 7.98. The Kier molecular flexibility index (Phi) is 5.26. The first-order valence-electron chi connectivity index (χ1n) is 11.0. The van der Waals surface area contributed by atoms with Crippen molar-refractivity contribution in [3.05, 3.63) is 88.0 Å². The van der Waals surface area contributed by atoms with Crippen LogP contribution in [-0.4, -0.2) is 26.5 Å². The summed E-state index contributed by atoms with van der Waals surface area (Å²) in [6, 6.07) is 19.1. The molecule has 0 N–H and O–H groups in total. The lowest BCUT2D eigenvalue weighted by Gasteiger charge is -2.13. The van der Waals surface area contributed by atoms with Gasteiger partial charge in [0.15, 0.2) is 16.7 Å². The molecule has 0 fully saturated rings. The fraction of sp³-hybridized carbons (Fsp3) is 0.154. The lowest BCUT2D eigenvalue weighted by molar-refractivity contribution is 0.174. The van der Waals surface area contributed by atoms with E-state index in [1.54, 1.807) is 16.7 Å². The van der Waals surface area contributed by atoms with Gasteiger partial charge in [-0.25, -0.2) is 4.98 Å². The number of benzene rings is 3. The van der Waals surface area contributed by atoms with E-state index in [-0.39, 0.29) is 12.4 Å². The molecule has 0 amide bonds. The summed E-state index contributed by atoms with van der Waals surface area (Å²) in [7, 11) is 0. The minimum atomic E-state index is -0.188. The molecule has 3 aromatic carbocycles. The standard InChI is InChI=1S/C26H20N4O4S/c1-15-5-3-7-17(9-15)24-28-23(34-29-24)13-35-26-27-20-12-22-21(32-14-33-22)11-19(20)25(31)30(26)18-8-4-6-16(2)10-18/h3-12H,13-14H2,1-2H3. The van der Waals surface area contributed by atoms with Crippen molar-refractivity contribution in [2.24, 2.45) is 0 Å². The van der Waals surface area contributed by atoms with E-state index in [1.165, 1.54) is 11.8 Å². The molecule has 0 unspecified atom stereocenters. The number of hydrogen-bond acceptors (Lipinski definition) is 8. The molecule has 0 saturated heterocycles. The second-order valence-electron chi connectivity index (χ2n) is 8.27. The molecule has 35 heavy (non-hydrogen) atoms. The van der Waals surface area contributed by atoms with Crippen LogP contribution in [0.2, 0.25) is 0 Å². The van der Waals surface area contributed by atoms with Gasteiger partial charge in [0.25, 0.3) is 5.56 Å². The minimum Gasteiger partial charge on any atom is -0.454 e. The van der Waals surface area contributed by atoms with Crippen LogP contribution in [-0.2, 0) is 5.75 Å². The Labute approximate surface area is 204 Å². The molecule has 0 radical (unpaired) electrons. The maximum atomic E-state index is 13.7. The van der Waals surface area contributed by atoms with Crippen molar-refractivity contribution in [1.29, 1.82) is 0 Å². The third-order valence-corrected chi connectivity index (χ3v) is 6.58. The Bertz CT molecular complexity index is 1640. The molecule has 0 aliphatic carbocycles. The van der Waals surface area contributed by atoms with Gasteiger partial charge in [-0.3, -0.25) is 9.36 Å². The Balaban J connectivity index is 1.40. The number of ether oxygens (including phenoxy) is 2. The van der Waals surface area contributed by atoms with Crippen LogP contribution in [0.4, 0.5) is 0 Å². The quantitative estimate of drug-likeness (QED) is 0.252. The van der Waals surface area contributed by atoms with Crippen molar-refractivity contribution in [1.82, 2.24) is 19.7 Å². The number of nitrogens with zero attached hydrogens (tertiary/aromatic N) is 4. The van der Waals surface area contributed by atoms with Gasteiger partial charge in [0, 0.05) is 11.6 Å². The molecule has 8 nitrogen and oxygen atoms in total. The van der Waals surface area contributed by atoms with Crippen LogP contribution >= 0.6 is 11.8 Å². The first-order chi connectivity index (χ1) is 17.0. The number of aromatic nitrogens is 4. The topological polar surface area (TPSA) is 92.3 Å². The SMILES string of the molecule is Cc1cccc(-c2noc(CSc3nc4cc5c(cc4c(=O)n3-c3cccc(C)c3)OCO5)n2)c1. The van der Waals surface area contributed by atoms with Gasteiger partial charge in [-0.2, -0.15) is 4.98 Å². The summed E-state index contributed by atoms with van der Waals surface area (Å²) in [4.78, 5) is 23.0. The summed E-state index contributed by atoms with van der Waals surface area (Å²) in [5.41, 5.74) is 4.13. The van der Waals surface area contributed by atoms with E-state index in [0.717, 1.165) is 22.4 Å². The van der Waals surface area contributed by atoms with Gasteiger partial charge in [-0.05, 0) is 43.7 Å². The van der Waals surface area contributed by atoms with Crippen LogP contribution in [0, 0.1) is 13.8 Å². The number of fused-ring (bicyclic) bond motifs is 2. The lowest BCUT2D eigenvalue weighted by Crippen LogP contribution is -2.22. The maximum Gasteiger partial charge on any atom is 0.266 e. The highest BCUT2D eigenvalue weighted by atomic mass is 32.2. The Morgan fingerprint density at radius 2 is 1.71 bits per heavy atom. The summed E-state index contributed by atoms with van der Waals surface area (Å²) in [6.45, 7) is 4.13. The van der Waals surface area contributed by atoms with Gasteiger partial charge in [0.05, 0.1) is 22.3 Å². The maximum absolute atomic E-state index is 13.7. The lowest BCUT2D eigenvalue weighted by atomic mass is 10.1. The number of hydrogen-bond donors (Lipinski definition) is 0. The molecule has 0 saturated carbocycles. The average molecular weight is 485 g/mol. The smallest absolute Gasteiger partial charge is 0.266 e. The Morgan fingerprint density at radius 3 is 2.51 bits per heavy atom. The Hall–Kier alpha value is -4.11. The first-order valence-corrected chi connectivity index (χ1v) is 12.0. The molecule has 9 heteroatoms. The highest BCUT2D eigenvalue weighted by Gasteiger charge is 2.20. The summed E-state index contributed by atoms with van der Waals surface area (Å²) in [5, 5.41) is 5.09. The average Bonchev–Trinajstić information content (AvgIpc) is 3.51. The van der Waals surface area contributed by atoms with Gasteiger partial charge in [-0.1, -0.05) is 52.8 Å². The fourth-order valence-corrected chi connectivity index (χ4v) is 4.84. The molecule has 3 heterocycles. The van der Waals surface area contributed by atoms with Crippen LogP contribution in [0.15, 0.2) is 75.1 Å². The zero-order valence-electron chi connectivity index (χ0n) is 19.0. The molecule has 1 aliphatic heterocycles. The Morgan fingerprint density at radius 1 is 0.943 bits per heavy atom. The number of rotatable bonds is 5. The van der Waals surface area contributed by atoms with Gasteiger partial charge in [0.1, 0.15) is 0 Å². The van der Waals surface area contributed by atoms with Crippen molar-refractivity contribution in [2.45, 2.75) is 24.8 Å². The van der Waals surface area contributed by atoms with E-state index in [2.05, 4.69) is 10.1 Å². The highest BCUT2D eigenvalue weighted by Crippen LogP contribution is 2.35. The van der Waals surface area contributed by atoms with Gasteiger partial charge >= 0.3 is 0 Å². The summed E-state index contributed by atoms with van der Waals surface area (Å²) in [6.07, 6.45) is 0. The van der Waals surface area contributed by atoms with Crippen molar-refractivity contribution in [3.8, 4) is 28.6 Å². The molecular formula is C26H20N4O4S. The van der Waals surface area contributed by atoms with Gasteiger partial charge < -0.3 is 14.0 Å². The van der Waals surface area contributed by atoms with E-state index in [4.69, 9.17) is 19.0 Å². The largest absolute Gasteiger partial charge is 0.454 e. The van der Waals surface area contributed by atoms with Crippen molar-refractivity contribution >= 4 is 22.7 Å². The molecule has 174 valence electrons. The van der Waals surface area contributed by atoms with E-state index in [1.807, 2.05) is 62.4 Å². The van der Waals surface area contributed by atoms with Crippen LogP contribution in [0.25, 0.3) is 28.0 Å². The van der Waals surface area contributed by atoms with E-state index >= 15 is 0 Å². The summed E-state index contributed by atoms with van der Waals surface area (Å²) >= 11 is 1.36. The molecule has 2 aromatic heterocycles. The molecular weight excluding hydrogens is 464 g/mol. The zero-order chi connectivity index (χ0) is 23.9. The second kappa shape index (κ2) is 8.59. The predicted molar refractivity (Wildman–Crippen MR) is 132 cm³/mol. The minimum absolute atomic E-state index is 0.125. The van der Waals surface area contributed by atoms with Crippen LogP contribution < -0.4 is 15.0 Å². The molecule has 5 aromatic rings. The van der Waals surface area contributed by atoms with Crippen molar-refractivity contribution < 1.29 is 14.0 Å². The van der Waals surface area contributed by atoms with E-state index in [9.17, 15) is 4.79 Å². The van der Waals surface area contributed by atoms with Crippen molar-refractivity contribution in [3.63, 3.8) is 0 Å². The third-order valence-electron chi connectivity index (χ3n) is 5.66. The van der Waals surface area contributed by atoms with Gasteiger partial charge in [-0.15, -0.1) is 0 Å². The molecule has 0 atom stereocenters. The predicted octanol–water partition coefficient (Wildman–Crippen LogP) is 5.07. The zero-order valence-corrected chi connectivity index (χ0v) is 19.8. The third kappa shape index (κ3) is 4.04. The van der Waals surface area contributed by atoms with Crippen molar-refractivity contribution in [2.75, 3.05) is 6.79 Å². The number of thioether (sulfide) groups is 1. The first kappa shape index (κ1) is 21.4. The molecule has 1 aliphatic rings. The van der Waals surface area contributed by atoms with Crippen LogP contribution in [0.3, 0.4) is 0 Å². The number of aryl methyl sites for hydroxylation is 2. The van der Waals surface area contributed by atoms with E-state index < -0.39 is 0 Å². The second-order valence-corrected chi connectivity index (χ2v) is 9.21. The monoisotopic (exact) mass is 484 g/mol.